The molecule has 0 aliphatic carbocycles. The second-order valence-electron chi connectivity index (χ2n) is 5.22. The van der Waals surface area contributed by atoms with Crippen LogP contribution >= 0.6 is 11.8 Å². The minimum atomic E-state index is -0.250. The maximum Gasteiger partial charge on any atom is 0.233 e. The third kappa shape index (κ3) is 4.33. The van der Waals surface area contributed by atoms with Crippen molar-refractivity contribution >= 4 is 17.7 Å². The van der Waals surface area contributed by atoms with E-state index in [0.717, 1.165) is 22.1 Å². The summed E-state index contributed by atoms with van der Waals surface area (Å²) >= 11 is 1.39. The van der Waals surface area contributed by atoms with E-state index in [4.69, 9.17) is 4.74 Å². The summed E-state index contributed by atoms with van der Waals surface area (Å²) in [6.45, 7) is 4.91. The molecule has 1 atom stereocenters. The summed E-state index contributed by atoms with van der Waals surface area (Å²) in [6, 6.07) is 8.05. The van der Waals surface area contributed by atoms with Crippen molar-refractivity contribution in [1.29, 1.82) is 0 Å². The molecule has 0 fully saturated rings. The summed E-state index contributed by atoms with van der Waals surface area (Å²) in [4.78, 5) is 12.0. The number of benzene rings is 1. The van der Waals surface area contributed by atoms with E-state index < -0.39 is 0 Å². The van der Waals surface area contributed by atoms with Crippen molar-refractivity contribution in [3.63, 3.8) is 0 Å². The number of amides is 1. The van der Waals surface area contributed by atoms with Crippen LogP contribution in [0.3, 0.4) is 0 Å². The zero-order chi connectivity index (χ0) is 16.8. The van der Waals surface area contributed by atoms with Crippen LogP contribution in [0, 0.1) is 6.92 Å². The number of ether oxygens (including phenoxy) is 1. The van der Waals surface area contributed by atoms with Crippen molar-refractivity contribution in [2.45, 2.75) is 24.3 Å². The third-order valence-corrected chi connectivity index (χ3v) is 4.61. The Bertz CT molecular complexity index is 672. The summed E-state index contributed by atoms with van der Waals surface area (Å²) in [5.74, 6) is 0.769. The molecule has 0 bridgehead atoms. The Labute approximate surface area is 140 Å². The van der Waals surface area contributed by atoms with E-state index in [2.05, 4.69) is 15.5 Å². The summed E-state index contributed by atoms with van der Waals surface area (Å²) in [6.07, 6.45) is 0. The van der Waals surface area contributed by atoms with Crippen LogP contribution in [0.25, 0.3) is 11.4 Å². The lowest BCUT2D eigenvalue weighted by Crippen LogP contribution is -2.33. The second-order valence-corrected chi connectivity index (χ2v) is 6.53. The lowest BCUT2D eigenvalue weighted by molar-refractivity contribution is -0.120. The third-order valence-electron chi connectivity index (χ3n) is 3.48. The monoisotopic (exact) mass is 334 g/mol. The molecule has 0 aliphatic heterocycles. The van der Waals surface area contributed by atoms with Gasteiger partial charge in [-0.1, -0.05) is 36.0 Å². The zero-order valence-electron chi connectivity index (χ0n) is 13.9. The Morgan fingerprint density at radius 1 is 1.39 bits per heavy atom. The van der Waals surface area contributed by atoms with Gasteiger partial charge in [0, 0.05) is 26.3 Å². The van der Waals surface area contributed by atoms with Crippen molar-refractivity contribution < 1.29 is 9.53 Å². The number of rotatable bonds is 7. The average molecular weight is 334 g/mol. The van der Waals surface area contributed by atoms with Crippen LogP contribution in [0.2, 0.25) is 0 Å². The predicted octanol–water partition coefficient (Wildman–Crippen LogP) is 2.03. The van der Waals surface area contributed by atoms with Gasteiger partial charge in [-0.15, -0.1) is 10.2 Å². The lowest BCUT2D eigenvalue weighted by atomic mass is 10.1. The van der Waals surface area contributed by atoms with Crippen LogP contribution in [-0.4, -0.2) is 46.2 Å². The number of nitrogens with one attached hydrogen (secondary N) is 1. The Morgan fingerprint density at radius 2 is 2.13 bits per heavy atom. The molecule has 0 saturated carbocycles. The van der Waals surface area contributed by atoms with Crippen LogP contribution in [0.15, 0.2) is 29.4 Å². The molecular weight excluding hydrogens is 312 g/mol. The van der Waals surface area contributed by atoms with Gasteiger partial charge in [-0.2, -0.15) is 0 Å². The quantitative estimate of drug-likeness (QED) is 0.620. The first kappa shape index (κ1) is 17.5. The molecule has 0 unspecified atom stereocenters. The first-order valence-corrected chi connectivity index (χ1v) is 8.31. The fourth-order valence-electron chi connectivity index (χ4n) is 2.11. The van der Waals surface area contributed by atoms with Crippen molar-refractivity contribution in [3.8, 4) is 11.4 Å². The molecule has 1 aromatic carbocycles. The molecule has 0 aliphatic rings. The zero-order valence-corrected chi connectivity index (χ0v) is 14.7. The molecule has 0 spiro atoms. The van der Waals surface area contributed by atoms with Gasteiger partial charge in [0.05, 0.1) is 11.9 Å². The second kappa shape index (κ2) is 8.12. The van der Waals surface area contributed by atoms with Gasteiger partial charge >= 0.3 is 0 Å². The number of aromatic nitrogens is 3. The molecule has 2 rings (SSSR count). The summed E-state index contributed by atoms with van der Waals surface area (Å²) in [5.41, 5.74) is 2.19. The molecule has 1 N–H and O–H groups in total. The Balaban J connectivity index is 2.08. The van der Waals surface area contributed by atoms with Crippen LogP contribution in [0.5, 0.6) is 0 Å². The maximum absolute atomic E-state index is 12.0. The van der Waals surface area contributed by atoms with Gasteiger partial charge in [-0.3, -0.25) is 4.79 Å². The highest BCUT2D eigenvalue weighted by Gasteiger charge is 2.19. The average Bonchev–Trinajstić information content (AvgIpc) is 2.89. The molecule has 0 radical (unpaired) electrons. The highest BCUT2D eigenvalue weighted by molar-refractivity contribution is 8.00. The van der Waals surface area contributed by atoms with Gasteiger partial charge in [0.15, 0.2) is 11.0 Å². The Morgan fingerprint density at radius 3 is 2.83 bits per heavy atom. The normalized spacial score (nSPS) is 12.2. The van der Waals surface area contributed by atoms with Crippen LogP contribution in [0.4, 0.5) is 0 Å². The molecule has 1 amide bonds. The fourth-order valence-corrected chi connectivity index (χ4v) is 2.95. The molecule has 1 heterocycles. The van der Waals surface area contributed by atoms with E-state index in [1.54, 1.807) is 7.11 Å². The van der Waals surface area contributed by atoms with Gasteiger partial charge in [0.1, 0.15) is 0 Å². The van der Waals surface area contributed by atoms with Crippen LogP contribution < -0.4 is 5.32 Å². The van der Waals surface area contributed by atoms with Crippen LogP contribution in [0.1, 0.15) is 12.5 Å². The first-order chi connectivity index (χ1) is 11.0. The van der Waals surface area contributed by atoms with Gasteiger partial charge in [0.2, 0.25) is 5.91 Å². The molecular formula is C16H22N4O2S. The van der Waals surface area contributed by atoms with Gasteiger partial charge in [0.25, 0.3) is 0 Å². The fraction of sp³-hybridized carbons (Fsp3) is 0.438. The molecule has 124 valence electrons. The van der Waals surface area contributed by atoms with Gasteiger partial charge < -0.3 is 14.6 Å². The number of hydrogen-bond donors (Lipinski definition) is 1. The van der Waals surface area contributed by atoms with E-state index in [1.165, 1.54) is 11.8 Å². The smallest absolute Gasteiger partial charge is 0.233 e. The van der Waals surface area contributed by atoms with Gasteiger partial charge in [-0.05, 0) is 19.4 Å². The number of nitrogens with zero attached hydrogens (tertiary/aromatic N) is 3. The molecule has 7 heteroatoms. The lowest BCUT2D eigenvalue weighted by Gasteiger charge is -2.11. The minimum Gasteiger partial charge on any atom is -0.383 e. The summed E-state index contributed by atoms with van der Waals surface area (Å²) in [7, 11) is 3.52. The van der Waals surface area contributed by atoms with Crippen LogP contribution in [-0.2, 0) is 16.6 Å². The molecule has 1 aromatic heterocycles. The highest BCUT2D eigenvalue weighted by atomic mass is 32.2. The van der Waals surface area contributed by atoms with Crippen molar-refractivity contribution in [2.24, 2.45) is 7.05 Å². The summed E-state index contributed by atoms with van der Waals surface area (Å²) in [5, 5.41) is 11.8. The topological polar surface area (TPSA) is 69.0 Å². The SMILES string of the molecule is COCCNC(=O)[C@@H](C)Sc1nnc(-c2ccccc2C)n1C. The largest absolute Gasteiger partial charge is 0.383 e. The van der Waals surface area contributed by atoms with E-state index in [0.29, 0.717) is 13.2 Å². The molecule has 6 nitrogen and oxygen atoms in total. The van der Waals surface area contributed by atoms with Crippen molar-refractivity contribution in [3.05, 3.63) is 29.8 Å². The Hall–Kier alpha value is -1.86. The minimum absolute atomic E-state index is 0.0347. The van der Waals surface area contributed by atoms with E-state index >= 15 is 0 Å². The predicted molar refractivity (Wildman–Crippen MR) is 91.4 cm³/mol. The molecule has 23 heavy (non-hydrogen) atoms. The van der Waals surface area contributed by atoms with Crippen molar-refractivity contribution in [1.82, 2.24) is 20.1 Å². The summed E-state index contributed by atoms with van der Waals surface area (Å²) < 4.78 is 6.85. The highest BCUT2D eigenvalue weighted by Crippen LogP contribution is 2.27. The number of hydrogen-bond acceptors (Lipinski definition) is 5. The number of carbonyl (C=O) groups excluding carboxylic acids is 1. The first-order valence-electron chi connectivity index (χ1n) is 7.43. The number of thioether (sulfide) groups is 1. The molecule has 2 aromatic rings. The Kier molecular flexibility index (Phi) is 6.18. The van der Waals surface area contributed by atoms with E-state index in [9.17, 15) is 4.79 Å². The number of aryl methyl sites for hydroxylation is 1. The van der Waals surface area contributed by atoms with Gasteiger partial charge in [-0.25, -0.2) is 0 Å². The standard InChI is InChI=1S/C16H22N4O2S/c1-11-7-5-6-8-13(11)14-18-19-16(20(14)3)23-12(2)15(21)17-9-10-22-4/h5-8,12H,9-10H2,1-4H3,(H,17,21)/t12-/m1/s1. The number of carbonyl (C=O) groups is 1. The van der Waals surface area contributed by atoms with Crippen molar-refractivity contribution in [2.75, 3.05) is 20.3 Å². The van der Waals surface area contributed by atoms with E-state index in [-0.39, 0.29) is 11.2 Å². The molecule has 0 saturated heterocycles. The van der Waals surface area contributed by atoms with E-state index in [1.807, 2.05) is 49.7 Å². The maximum atomic E-state index is 12.0. The number of methoxy groups -OCH3 is 1.